The first-order valence-corrected chi connectivity index (χ1v) is 7.19. The normalized spacial score (nSPS) is 17.2. The van der Waals surface area contributed by atoms with Crippen molar-refractivity contribution in [2.45, 2.75) is 25.4 Å². The van der Waals surface area contributed by atoms with E-state index in [1.165, 1.54) is 29.5 Å². The van der Waals surface area contributed by atoms with E-state index in [1.807, 2.05) is 12.1 Å². The smallest absolute Gasteiger partial charge is 0.118 e. The molecule has 0 aromatic heterocycles. The fraction of sp³-hybridized carbons (Fsp3) is 0.333. The Morgan fingerprint density at radius 2 is 1.85 bits per heavy atom. The standard InChI is InChI=1S/C18H21NO/c1-19(13-14-7-10-16(20-2)11-8-14)18-12-9-15-5-3-4-6-17(15)18/h3-8,10-11,18H,9,12-13H2,1-2H3. The van der Waals surface area contributed by atoms with Gasteiger partial charge < -0.3 is 4.74 Å². The molecule has 0 bridgehead atoms. The van der Waals surface area contributed by atoms with Crippen molar-refractivity contribution in [3.63, 3.8) is 0 Å². The van der Waals surface area contributed by atoms with Gasteiger partial charge in [-0.3, -0.25) is 4.90 Å². The molecule has 2 aromatic rings. The molecule has 104 valence electrons. The molecule has 0 saturated carbocycles. The summed E-state index contributed by atoms with van der Waals surface area (Å²) in [4.78, 5) is 2.45. The Balaban J connectivity index is 1.72. The number of nitrogens with zero attached hydrogens (tertiary/aromatic N) is 1. The lowest BCUT2D eigenvalue weighted by atomic mass is 10.1. The van der Waals surface area contributed by atoms with Gasteiger partial charge >= 0.3 is 0 Å². The van der Waals surface area contributed by atoms with Crippen LogP contribution in [0.1, 0.15) is 29.2 Å². The summed E-state index contributed by atoms with van der Waals surface area (Å²) in [7, 11) is 3.92. The Morgan fingerprint density at radius 3 is 2.60 bits per heavy atom. The van der Waals surface area contributed by atoms with Gasteiger partial charge in [-0.2, -0.15) is 0 Å². The van der Waals surface area contributed by atoms with Crippen LogP contribution < -0.4 is 4.74 Å². The number of methoxy groups -OCH3 is 1. The van der Waals surface area contributed by atoms with E-state index in [9.17, 15) is 0 Å². The maximum absolute atomic E-state index is 5.21. The third kappa shape index (κ3) is 2.56. The molecule has 2 aromatic carbocycles. The van der Waals surface area contributed by atoms with Crippen LogP contribution in [0.15, 0.2) is 48.5 Å². The van der Waals surface area contributed by atoms with Crippen molar-refractivity contribution in [2.75, 3.05) is 14.2 Å². The zero-order valence-corrected chi connectivity index (χ0v) is 12.2. The third-order valence-electron chi connectivity index (χ3n) is 4.22. The molecule has 0 saturated heterocycles. The molecule has 3 rings (SSSR count). The highest BCUT2D eigenvalue weighted by molar-refractivity contribution is 5.34. The monoisotopic (exact) mass is 267 g/mol. The van der Waals surface area contributed by atoms with Crippen molar-refractivity contribution in [3.05, 3.63) is 65.2 Å². The van der Waals surface area contributed by atoms with Crippen LogP contribution in [0.4, 0.5) is 0 Å². The zero-order chi connectivity index (χ0) is 13.9. The molecule has 0 radical (unpaired) electrons. The van der Waals surface area contributed by atoms with Gasteiger partial charge in [-0.05, 0) is 48.7 Å². The molecule has 1 aliphatic rings. The summed E-state index contributed by atoms with van der Waals surface area (Å²) < 4.78 is 5.21. The number of ether oxygens (including phenoxy) is 1. The Bertz CT molecular complexity index is 576. The second-order valence-corrected chi connectivity index (χ2v) is 5.52. The SMILES string of the molecule is COc1ccc(CN(C)C2CCc3ccccc32)cc1. The molecule has 1 atom stereocenters. The van der Waals surface area contributed by atoms with Gasteiger partial charge in [0.25, 0.3) is 0 Å². The number of benzene rings is 2. The van der Waals surface area contributed by atoms with Crippen LogP contribution in [0.3, 0.4) is 0 Å². The van der Waals surface area contributed by atoms with Gasteiger partial charge in [0.1, 0.15) is 5.75 Å². The third-order valence-corrected chi connectivity index (χ3v) is 4.22. The van der Waals surface area contributed by atoms with Crippen LogP contribution >= 0.6 is 0 Å². The average molecular weight is 267 g/mol. The maximum atomic E-state index is 5.21. The van der Waals surface area contributed by atoms with Crippen LogP contribution in [-0.2, 0) is 13.0 Å². The molecule has 0 heterocycles. The van der Waals surface area contributed by atoms with Gasteiger partial charge in [-0.25, -0.2) is 0 Å². The van der Waals surface area contributed by atoms with Gasteiger partial charge in [0.15, 0.2) is 0 Å². The minimum atomic E-state index is 0.549. The molecule has 0 amide bonds. The van der Waals surface area contributed by atoms with Crippen molar-refractivity contribution < 1.29 is 4.74 Å². The highest BCUT2D eigenvalue weighted by Crippen LogP contribution is 2.35. The lowest BCUT2D eigenvalue weighted by Crippen LogP contribution is -2.22. The van der Waals surface area contributed by atoms with E-state index in [2.05, 4.69) is 48.3 Å². The number of rotatable bonds is 4. The van der Waals surface area contributed by atoms with E-state index >= 15 is 0 Å². The quantitative estimate of drug-likeness (QED) is 0.835. The van der Waals surface area contributed by atoms with Crippen molar-refractivity contribution in [1.29, 1.82) is 0 Å². The van der Waals surface area contributed by atoms with E-state index in [0.29, 0.717) is 6.04 Å². The van der Waals surface area contributed by atoms with Crippen molar-refractivity contribution in [1.82, 2.24) is 4.90 Å². The molecule has 1 unspecified atom stereocenters. The molecule has 2 heteroatoms. The van der Waals surface area contributed by atoms with Gasteiger partial charge in [0.2, 0.25) is 0 Å². The number of hydrogen-bond acceptors (Lipinski definition) is 2. The molecule has 2 nitrogen and oxygen atoms in total. The van der Waals surface area contributed by atoms with E-state index < -0.39 is 0 Å². The highest BCUT2D eigenvalue weighted by atomic mass is 16.5. The van der Waals surface area contributed by atoms with E-state index in [-0.39, 0.29) is 0 Å². The van der Waals surface area contributed by atoms with Crippen LogP contribution in [-0.4, -0.2) is 19.1 Å². The van der Waals surface area contributed by atoms with E-state index in [4.69, 9.17) is 4.74 Å². The topological polar surface area (TPSA) is 12.5 Å². The molecule has 0 fully saturated rings. The summed E-state index contributed by atoms with van der Waals surface area (Å²) in [5.41, 5.74) is 4.35. The molecular formula is C18H21NO. The second-order valence-electron chi connectivity index (χ2n) is 5.52. The first-order valence-electron chi connectivity index (χ1n) is 7.19. The number of aryl methyl sites for hydroxylation is 1. The summed E-state index contributed by atoms with van der Waals surface area (Å²) in [5, 5.41) is 0. The van der Waals surface area contributed by atoms with Crippen LogP contribution in [0, 0.1) is 0 Å². The summed E-state index contributed by atoms with van der Waals surface area (Å²) >= 11 is 0. The largest absolute Gasteiger partial charge is 0.497 e. The number of fused-ring (bicyclic) bond motifs is 1. The van der Waals surface area contributed by atoms with Gasteiger partial charge in [-0.15, -0.1) is 0 Å². The first-order chi connectivity index (χ1) is 9.78. The van der Waals surface area contributed by atoms with Gasteiger partial charge in [0.05, 0.1) is 7.11 Å². The summed E-state index contributed by atoms with van der Waals surface area (Å²) in [6.45, 7) is 0.975. The Labute approximate surface area is 121 Å². The first kappa shape index (κ1) is 13.2. The molecular weight excluding hydrogens is 246 g/mol. The fourth-order valence-corrected chi connectivity index (χ4v) is 3.12. The van der Waals surface area contributed by atoms with E-state index in [1.54, 1.807) is 7.11 Å². The van der Waals surface area contributed by atoms with Gasteiger partial charge in [-0.1, -0.05) is 36.4 Å². The van der Waals surface area contributed by atoms with Crippen molar-refractivity contribution in [2.24, 2.45) is 0 Å². The zero-order valence-electron chi connectivity index (χ0n) is 12.2. The minimum Gasteiger partial charge on any atom is -0.497 e. The molecule has 0 aliphatic heterocycles. The summed E-state index contributed by atoms with van der Waals surface area (Å²) in [5.74, 6) is 0.919. The Morgan fingerprint density at radius 1 is 1.10 bits per heavy atom. The fourth-order valence-electron chi connectivity index (χ4n) is 3.12. The number of hydrogen-bond donors (Lipinski definition) is 0. The predicted molar refractivity (Wildman–Crippen MR) is 82.0 cm³/mol. The summed E-state index contributed by atoms with van der Waals surface area (Å²) in [6, 6.07) is 17.7. The van der Waals surface area contributed by atoms with Crippen LogP contribution in [0.5, 0.6) is 5.75 Å². The predicted octanol–water partition coefficient (Wildman–Crippen LogP) is 3.81. The highest BCUT2D eigenvalue weighted by Gasteiger charge is 2.25. The molecule has 0 N–H and O–H groups in total. The van der Waals surface area contributed by atoms with E-state index in [0.717, 1.165) is 12.3 Å². The minimum absolute atomic E-state index is 0.549. The Kier molecular flexibility index (Phi) is 3.75. The Hall–Kier alpha value is -1.80. The van der Waals surface area contributed by atoms with Crippen LogP contribution in [0.25, 0.3) is 0 Å². The second kappa shape index (κ2) is 5.68. The van der Waals surface area contributed by atoms with Crippen molar-refractivity contribution >= 4 is 0 Å². The lowest BCUT2D eigenvalue weighted by Gasteiger charge is -2.25. The average Bonchev–Trinajstić information content (AvgIpc) is 2.92. The molecule has 1 aliphatic carbocycles. The maximum Gasteiger partial charge on any atom is 0.118 e. The van der Waals surface area contributed by atoms with Crippen LogP contribution in [0.2, 0.25) is 0 Å². The van der Waals surface area contributed by atoms with Crippen molar-refractivity contribution in [3.8, 4) is 5.75 Å². The van der Waals surface area contributed by atoms with Gasteiger partial charge in [0, 0.05) is 12.6 Å². The lowest BCUT2D eigenvalue weighted by molar-refractivity contribution is 0.236. The summed E-state index contributed by atoms with van der Waals surface area (Å²) in [6.07, 6.45) is 2.43. The molecule has 20 heavy (non-hydrogen) atoms. The molecule has 0 spiro atoms.